The molecule has 0 saturated carbocycles. The molecule has 0 aromatic heterocycles. The van der Waals surface area contributed by atoms with Crippen molar-refractivity contribution in [2.24, 2.45) is 0 Å². The molecule has 77 heavy (non-hydrogen) atoms. The van der Waals surface area contributed by atoms with Crippen LogP contribution in [0, 0.1) is 0 Å². The number of hydrogen-bond acceptors (Lipinski definition) is 8. The van der Waals surface area contributed by atoms with E-state index in [-0.39, 0.29) is 12.5 Å². The summed E-state index contributed by atoms with van der Waals surface area (Å²) in [5, 5.41) is 54.4. The van der Waals surface area contributed by atoms with E-state index >= 15 is 0 Å². The first-order valence-electron chi connectivity index (χ1n) is 31.3. The molecule has 0 bridgehead atoms. The number of carbonyl (C=O) groups is 1. The van der Waals surface area contributed by atoms with Crippen molar-refractivity contribution in [3.8, 4) is 0 Å². The number of amides is 1. The highest BCUT2D eigenvalue weighted by Gasteiger charge is 2.44. The van der Waals surface area contributed by atoms with Crippen LogP contribution in [-0.4, -0.2) is 87.5 Å². The second kappa shape index (κ2) is 55.9. The van der Waals surface area contributed by atoms with E-state index in [1.54, 1.807) is 6.08 Å². The quantitative estimate of drug-likeness (QED) is 0.0261. The largest absolute Gasteiger partial charge is 0.394 e. The van der Waals surface area contributed by atoms with Crippen LogP contribution in [0.25, 0.3) is 0 Å². The third-order valence-electron chi connectivity index (χ3n) is 14.0. The van der Waals surface area contributed by atoms with Gasteiger partial charge >= 0.3 is 0 Å². The van der Waals surface area contributed by atoms with Crippen LogP contribution in [0.2, 0.25) is 0 Å². The standard InChI is InChI=1S/C68H115NO8/c1-3-5-7-9-11-13-15-17-18-19-20-21-22-23-24-25-26-27-28-29-30-31-32-33-34-35-36-37-38-39-40-41-42-43-44-46-48-50-52-54-56-58-64(72)69-61(60-76-68-67(75)66(74)65(73)63(59-70)77-68)62(71)57-55-53-51-49-47-45-16-14-12-10-8-6-4-2/h5,7,11-14,17-18,20-21,23-24,26-27,29-30,47,49,55,57,61-63,65-68,70-71,73-75H,3-4,6,8-10,15-16,19,22,25,28,31-46,48,50-54,56,58-60H2,1-2H3,(H,69,72)/b7-5-,13-11-,14-12+,18-17-,21-20-,24-23-,27-26-,30-29-,49-47+,57-55+. The molecule has 1 fully saturated rings. The van der Waals surface area contributed by atoms with Crippen LogP contribution in [-0.2, 0) is 14.3 Å². The maximum Gasteiger partial charge on any atom is 0.220 e. The van der Waals surface area contributed by atoms with E-state index in [1.807, 2.05) is 6.08 Å². The minimum absolute atomic E-state index is 0.194. The van der Waals surface area contributed by atoms with Crippen molar-refractivity contribution in [1.82, 2.24) is 5.32 Å². The minimum Gasteiger partial charge on any atom is -0.394 e. The number of rotatable bonds is 52. The van der Waals surface area contributed by atoms with Gasteiger partial charge in [-0.3, -0.25) is 4.79 Å². The summed E-state index contributed by atoms with van der Waals surface area (Å²) in [5.74, 6) is -0.194. The van der Waals surface area contributed by atoms with Crippen LogP contribution in [0.5, 0.6) is 0 Å². The number of aliphatic hydroxyl groups is 5. The molecule has 0 aromatic carbocycles. The van der Waals surface area contributed by atoms with Crippen molar-refractivity contribution in [1.29, 1.82) is 0 Å². The summed E-state index contributed by atoms with van der Waals surface area (Å²) in [5.41, 5.74) is 0. The molecule has 1 rings (SSSR count). The smallest absolute Gasteiger partial charge is 0.220 e. The van der Waals surface area contributed by atoms with Crippen molar-refractivity contribution in [2.45, 2.75) is 288 Å². The SMILES string of the molecule is CC/C=C\C/C=C\C/C=C\C/C=C\C/C=C\C/C=C\C/C=C\CCCCCCCCCCCCCCCCCCCCCC(=O)NC(COC1OC(CO)C(O)C(O)C1O)C(O)/C=C/CC/C=C/CC/C=C/CCCCC. The van der Waals surface area contributed by atoms with Crippen molar-refractivity contribution >= 4 is 5.91 Å². The summed E-state index contributed by atoms with van der Waals surface area (Å²) in [4.78, 5) is 13.0. The van der Waals surface area contributed by atoms with E-state index in [2.05, 4.69) is 129 Å². The lowest BCUT2D eigenvalue weighted by Crippen LogP contribution is -2.60. The summed E-state index contributed by atoms with van der Waals surface area (Å²) in [6, 6.07) is -0.832. The van der Waals surface area contributed by atoms with E-state index in [1.165, 1.54) is 128 Å². The Kier molecular flexibility index (Phi) is 52.0. The number of aliphatic hydroxyl groups excluding tert-OH is 5. The molecule has 0 spiro atoms. The molecule has 0 radical (unpaired) electrons. The molecule has 7 unspecified atom stereocenters. The van der Waals surface area contributed by atoms with Gasteiger partial charge in [-0.05, 0) is 103 Å². The first-order valence-corrected chi connectivity index (χ1v) is 31.3. The molecule has 0 aromatic rings. The van der Waals surface area contributed by atoms with Gasteiger partial charge in [0.2, 0.25) is 5.91 Å². The normalized spacial score (nSPS) is 19.6. The predicted molar refractivity (Wildman–Crippen MR) is 327 cm³/mol. The van der Waals surface area contributed by atoms with Gasteiger partial charge in [0.1, 0.15) is 24.4 Å². The maximum atomic E-state index is 13.0. The summed E-state index contributed by atoms with van der Waals surface area (Å²) in [6.07, 6.45) is 77.3. The Labute approximate surface area is 471 Å². The van der Waals surface area contributed by atoms with E-state index < -0.39 is 49.5 Å². The number of unbranched alkanes of at least 4 members (excludes halogenated alkanes) is 24. The Morgan fingerprint density at radius 3 is 1.25 bits per heavy atom. The zero-order chi connectivity index (χ0) is 55.8. The van der Waals surface area contributed by atoms with Crippen molar-refractivity contribution in [3.05, 3.63) is 122 Å². The molecule has 6 N–H and O–H groups in total. The van der Waals surface area contributed by atoms with E-state index in [4.69, 9.17) is 9.47 Å². The highest BCUT2D eigenvalue weighted by atomic mass is 16.7. The average molecular weight is 1070 g/mol. The lowest BCUT2D eigenvalue weighted by molar-refractivity contribution is -0.302. The van der Waals surface area contributed by atoms with Gasteiger partial charge in [0.25, 0.3) is 0 Å². The molecule has 1 aliphatic heterocycles. The Bertz CT molecular complexity index is 1620. The van der Waals surface area contributed by atoms with E-state index in [0.717, 1.165) is 96.3 Å². The molecular weight excluding hydrogens is 959 g/mol. The maximum absolute atomic E-state index is 13.0. The van der Waals surface area contributed by atoms with Crippen LogP contribution >= 0.6 is 0 Å². The molecule has 440 valence electrons. The van der Waals surface area contributed by atoms with Crippen molar-refractivity contribution in [2.75, 3.05) is 13.2 Å². The molecule has 9 heteroatoms. The highest BCUT2D eigenvalue weighted by Crippen LogP contribution is 2.23. The molecule has 1 heterocycles. The predicted octanol–water partition coefficient (Wildman–Crippen LogP) is 16.3. The van der Waals surface area contributed by atoms with Crippen LogP contribution < -0.4 is 5.32 Å². The van der Waals surface area contributed by atoms with Gasteiger partial charge < -0.3 is 40.3 Å². The number of allylic oxidation sites excluding steroid dienone is 19. The number of ether oxygens (including phenoxy) is 2. The van der Waals surface area contributed by atoms with Crippen LogP contribution in [0.3, 0.4) is 0 Å². The van der Waals surface area contributed by atoms with Gasteiger partial charge in [-0.2, -0.15) is 0 Å². The molecule has 0 aliphatic carbocycles. The Morgan fingerprint density at radius 1 is 0.455 bits per heavy atom. The second-order valence-electron chi connectivity index (χ2n) is 21.1. The zero-order valence-corrected chi connectivity index (χ0v) is 48.9. The van der Waals surface area contributed by atoms with Gasteiger partial charge in [0.05, 0.1) is 25.4 Å². The summed E-state index contributed by atoms with van der Waals surface area (Å²) >= 11 is 0. The molecular formula is C68H115NO8. The lowest BCUT2D eigenvalue weighted by atomic mass is 9.99. The van der Waals surface area contributed by atoms with E-state index in [9.17, 15) is 30.3 Å². The summed E-state index contributed by atoms with van der Waals surface area (Å²) in [7, 11) is 0. The van der Waals surface area contributed by atoms with E-state index in [0.29, 0.717) is 6.42 Å². The Balaban J connectivity index is 2.07. The first-order chi connectivity index (χ1) is 37.8. The number of nitrogens with one attached hydrogen (secondary N) is 1. The fourth-order valence-electron chi connectivity index (χ4n) is 9.11. The number of hydrogen-bond donors (Lipinski definition) is 6. The van der Waals surface area contributed by atoms with Crippen LogP contribution in [0.1, 0.15) is 245 Å². The fourth-order valence-corrected chi connectivity index (χ4v) is 9.11. The first kappa shape index (κ1) is 71.6. The fraction of sp³-hybridized carbons (Fsp3) is 0.691. The zero-order valence-electron chi connectivity index (χ0n) is 48.9. The molecule has 9 nitrogen and oxygen atoms in total. The van der Waals surface area contributed by atoms with Crippen molar-refractivity contribution < 1.29 is 39.8 Å². The van der Waals surface area contributed by atoms with Crippen molar-refractivity contribution in [3.63, 3.8) is 0 Å². The van der Waals surface area contributed by atoms with Gasteiger partial charge in [-0.15, -0.1) is 0 Å². The summed E-state index contributed by atoms with van der Waals surface area (Å²) < 4.78 is 11.2. The Morgan fingerprint density at radius 2 is 0.818 bits per heavy atom. The highest BCUT2D eigenvalue weighted by molar-refractivity contribution is 5.76. The van der Waals surface area contributed by atoms with Crippen LogP contribution in [0.4, 0.5) is 0 Å². The lowest BCUT2D eigenvalue weighted by Gasteiger charge is -2.40. The molecule has 1 saturated heterocycles. The minimum atomic E-state index is -1.58. The topological polar surface area (TPSA) is 149 Å². The molecule has 1 aliphatic rings. The van der Waals surface area contributed by atoms with Gasteiger partial charge in [0.15, 0.2) is 6.29 Å². The van der Waals surface area contributed by atoms with Gasteiger partial charge in [-0.1, -0.05) is 257 Å². The van der Waals surface area contributed by atoms with Crippen LogP contribution in [0.15, 0.2) is 122 Å². The monoisotopic (exact) mass is 1070 g/mol. The second-order valence-corrected chi connectivity index (χ2v) is 21.1. The Hall–Kier alpha value is -3.41. The molecule has 7 atom stereocenters. The third kappa shape index (κ3) is 45.1. The van der Waals surface area contributed by atoms with Gasteiger partial charge in [-0.25, -0.2) is 0 Å². The average Bonchev–Trinajstić information content (AvgIpc) is 3.43. The summed E-state index contributed by atoms with van der Waals surface area (Å²) in [6.45, 7) is 3.60. The third-order valence-corrected chi connectivity index (χ3v) is 14.0. The molecule has 1 amide bonds. The number of carbonyl (C=O) groups excluding carboxylic acids is 1. The van der Waals surface area contributed by atoms with Gasteiger partial charge in [0, 0.05) is 6.42 Å².